The molecule has 1 rings (SSSR count). The third-order valence-corrected chi connectivity index (χ3v) is 3.85. The van der Waals surface area contributed by atoms with Crippen molar-refractivity contribution in [3.05, 3.63) is 0 Å². The van der Waals surface area contributed by atoms with Gasteiger partial charge in [0.25, 0.3) is 0 Å². The van der Waals surface area contributed by atoms with E-state index in [2.05, 4.69) is 12.2 Å². The second-order valence-corrected chi connectivity index (χ2v) is 6.11. The number of nitrogens with zero attached hydrogens (tertiary/aromatic N) is 1. The fraction of sp³-hybridized carbons (Fsp3) is 0.867. The van der Waals surface area contributed by atoms with Crippen LogP contribution in [0, 0.1) is 5.92 Å². The second kappa shape index (κ2) is 7.62. The van der Waals surface area contributed by atoms with E-state index in [1.165, 1.54) is 0 Å². The minimum atomic E-state index is -0.173. The molecule has 1 fully saturated rings. The zero-order valence-corrected chi connectivity index (χ0v) is 13.2. The SMILES string of the molecule is CCOC(=O)[C@H]1CCCN(CC(=O)NC(C)(C)CC)C1. The average Bonchev–Trinajstić information content (AvgIpc) is 2.38. The van der Waals surface area contributed by atoms with Crippen LogP contribution in [0.2, 0.25) is 0 Å². The highest BCUT2D eigenvalue weighted by atomic mass is 16.5. The van der Waals surface area contributed by atoms with Crippen molar-refractivity contribution in [2.75, 3.05) is 26.2 Å². The monoisotopic (exact) mass is 284 g/mol. The summed E-state index contributed by atoms with van der Waals surface area (Å²) < 4.78 is 5.07. The average molecular weight is 284 g/mol. The van der Waals surface area contributed by atoms with Crippen LogP contribution in [0.3, 0.4) is 0 Å². The molecule has 0 unspecified atom stereocenters. The van der Waals surface area contributed by atoms with Gasteiger partial charge in [0, 0.05) is 12.1 Å². The van der Waals surface area contributed by atoms with E-state index in [1.54, 1.807) is 0 Å². The maximum atomic E-state index is 12.0. The van der Waals surface area contributed by atoms with Gasteiger partial charge in [0.2, 0.25) is 5.91 Å². The summed E-state index contributed by atoms with van der Waals surface area (Å²) in [5, 5.41) is 3.03. The van der Waals surface area contributed by atoms with Gasteiger partial charge in [-0.3, -0.25) is 14.5 Å². The van der Waals surface area contributed by atoms with Crippen LogP contribution in [0.4, 0.5) is 0 Å². The van der Waals surface area contributed by atoms with Crippen LogP contribution < -0.4 is 5.32 Å². The molecule has 0 radical (unpaired) electrons. The van der Waals surface area contributed by atoms with Crippen molar-refractivity contribution in [1.82, 2.24) is 10.2 Å². The lowest BCUT2D eigenvalue weighted by atomic mass is 9.98. The van der Waals surface area contributed by atoms with E-state index >= 15 is 0 Å². The molecule has 5 heteroatoms. The van der Waals surface area contributed by atoms with Gasteiger partial charge in [0.15, 0.2) is 0 Å². The van der Waals surface area contributed by atoms with Gasteiger partial charge in [-0.1, -0.05) is 6.92 Å². The molecule has 0 aromatic heterocycles. The van der Waals surface area contributed by atoms with Gasteiger partial charge in [0.05, 0.1) is 19.1 Å². The van der Waals surface area contributed by atoms with Crippen molar-refractivity contribution in [2.45, 2.75) is 52.5 Å². The molecule has 0 aromatic rings. The van der Waals surface area contributed by atoms with Crippen molar-refractivity contribution in [3.63, 3.8) is 0 Å². The third kappa shape index (κ3) is 5.49. The van der Waals surface area contributed by atoms with Gasteiger partial charge in [0.1, 0.15) is 0 Å². The Hall–Kier alpha value is -1.10. The highest BCUT2D eigenvalue weighted by molar-refractivity contribution is 5.79. The highest BCUT2D eigenvalue weighted by Crippen LogP contribution is 2.17. The maximum absolute atomic E-state index is 12.0. The number of esters is 1. The summed E-state index contributed by atoms with van der Waals surface area (Å²) in [4.78, 5) is 25.8. The molecule has 1 aliphatic rings. The second-order valence-electron chi connectivity index (χ2n) is 6.11. The van der Waals surface area contributed by atoms with E-state index in [0.717, 1.165) is 25.8 Å². The summed E-state index contributed by atoms with van der Waals surface area (Å²) in [6.45, 7) is 10.2. The Kier molecular flexibility index (Phi) is 6.46. The molecule has 1 heterocycles. The molecule has 0 spiro atoms. The quantitative estimate of drug-likeness (QED) is 0.752. The van der Waals surface area contributed by atoms with Crippen LogP contribution in [-0.4, -0.2) is 48.6 Å². The number of rotatable bonds is 6. The molecule has 1 amide bonds. The zero-order chi connectivity index (χ0) is 15.2. The minimum absolute atomic E-state index is 0.0290. The lowest BCUT2D eigenvalue weighted by Gasteiger charge is -2.32. The predicted molar refractivity (Wildman–Crippen MR) is 78.3 cm³/mol. The van der Waals surface area contributed by atoms with E-state index in [-0.39, 0.29) is 23.3 Å². The first-order valence-electron chi connectivity index (χ1n) is 7.58. The molecule has 0 bridgehead atoms. The number of hydrogen-bond donors (Lipinski definition) is 1. The minimum Gasteiger partial charge on any atom is -0.466 e. The number of ether oxygens (including phenoxy) is 1. The lowest BCUT2D eigenvalue weighted by Crippen LogP contribution is -2.49. The van der Waals surface area contributed by atoms with Crippen LogP contribution in [0.15, 0.2) is 0 Å². The van der Waals surface area contributed by atoms with Crippen LogP contribution >= 0.6 is 0 Å². The number of piperidine rings is 1. The Morgan fingerprint density at radius 3 is 2.65 bits per heavy atom. The molecule has 20 heavy (non-hydrogen) atoms. The van der Waals surface area contributed by atoms with E-state index in [4.69, 9.17) is 4.74 Å². The Morgan fingerprint density at radius 2 is 2.05 bits per heavy atom. The van der Waals surface area contributed by atoms with Crippen molar-refractivity contribution >= 4 is 11.9 Å². The fourth-order valence-corrected chi connectivity index (χ4v) is 2.36. The van der Waals surface area contributed by atoms with Crippen molar-refractivity contribution < 1.29 is 14.3 Å². The molecule has 1 N–H and O–H groups in total. The number of carbonyl (C=O) groups excluding carboxylic acids is 2. The summed E-state index contributed by atoms with van der Waals surface area (Å²) in [5.41, 5.74) is -0.173. The Labute approximate surface area is 122 Å². The first kappa shape index (κ1) is 17.0. The molecule has 1 aliphatic heterocycles. The molecular weight excluding hydrogens is 256 g/mol. The normalized spacial score (nSPS) is 20.5. The Balaban J connectivity index is 2.44. The number of amides is 1. The maximum Gasteiger partial charge on any atom is 0.310 e. The number of hydrogen-bond acceptors (Lipinski definition) is 4. The standard InChI is InChI=1S/C15H28N2O3/c1-5-15(3,4)16-13(18)11-17-9-7-8-12(10-17)14(19)20-6-2/h12H,5-11H2,1-4H3,(H,16,18)/t12-/m0/s1. The molecule has 116 valence electrons. The zero-order valence-electron chi connectivity index (χ0n) is 13.2. The van der Waals surface area contributed by atoms with Gasteiger partial charge in [-0.2, -0.15) is 0 Å². The van der Waals surface area contributed by atoms with Crippen molar-refractivity contribution in [1.29, 1.82) is 0 Å². The first-order valence-corrected chi connectivity index (χ1v) is 7.58. The largest absolute Gasteiger partial charge is 0.466 e. The third-order valence-electron chi connectivity index (χ3n) is 3.85. The fourth-order valence-electron chi connectivity index (χ4n) is 2.36. The van der Waals surface area contributed by atoms with Crippen molar-refractivity contribution in [2.24, 2.45) is 5.92 Å². The molecule has 1 atom stereocenters. The van der Waals surface area contributed by atoms with Crippen molar-refractivity contribution in [3.8, 4) is 0 Å². The molecule has 0 aromatic carbocycles. The molecule has 1 saturated heterocycles. The number of nitrogens with one attached hydrogen (secondary N) is 1. The molecule has 5 nitrogen and oxygen atoms in total. The van der Waals surface area contributed by atoms with Crippen LogP contribution in [-0.2, 0) is 14.3 Å². The smallest absolute Gasteiger partial charge is 0.310 e. The predicted octanol–water partition coefficient (Wildman–Crippen LogP) is 1.57. The summed E-state index contributed by atoms with van der Waals surface area (Å²) in [6, 6.07) is 0. The summed E-state index contributed by atoms with van der Waals surface area (Å²) in [6.07, 6.45) is 2.69. The van der Waals surface area contributed by atoms with E-state index in [1.807, 2.05) is 25.7 Å². The highest BCUT2D eigenvalue weighted by Gasteiger charge is 2.28. The number of carbonyl (C=O) groups is 2. The van der Waals surface area contributed by atoms with Gasteiger partial charge in [-0.15, -0.1) is 0 Å². The summed E-state index contributed by atoms with van der Waals surface area (Å²) in [7, 11) is 0. The van der Waals surface area contributed by atoms with Crippen LogP contribution in [0.25, 0.3) is 0 Å². The van der Waals surface area contributed by atoms with Gasteiger partial charge < -0.3 is 10.1 Å². The Morgan fingerprint density at radius 1 is 1.35 bits per heavy atom. The van der Waals surface area contributed by atoms with Gasteiger partial charge in [-0.05, 0) is 46.6 Å². The Bertz CT molecular complexity index is 342. The summed E-state index contributed by atoms with van der Waals surface area (Å²) in [5.74, 6) is -0.191. The van der Waals surface area contributed by atoms with Gasteiger partial charge >= 0.3 is 5.97 Å². The van der Waals surface area contributed by atoms with E-state index < -0.39 is 0 Å². The molecule has 0 aliphatic carbocycles. The topological polar surface area (TPSA) is 58.6 Å². The van der Waals surface area contributed by atoms with Gasteiger partial charge in [-0.25, -0.2) is 0 Å². The van der Waals surface area contributed by atoms with Crippen LogP contribution in [0.5, 0.6) is 0 Å². The van der Waals surface area contributed by atoms with Crippen LogP contribution in [0.1, 0.15) is 47.0 Å². The summed E-state index contributed by atoms with van der Waals surface area (Å²) >= 11 is 0. The lowest BCUT2D eigenvalue weighted by molar-refractivity contribution is -0.150. The molecular formula is C15H28N2O3. The van der Waals surface area contributed by atoms with E-state index in [9.17, 15) is 9.59 Å². The first-order chi connectivity index (χ1) is 9.38. The van der Waals surface area contributed by atoms with E-state index in [0.29, 0.717) is 19.7 Å². The number of likely N-dealkylation sites (tertiary alicyclic amines) is 1. The molecule has 0 saturated carbocycles.